The highest BCUT2D eigenvalue weighted by Crippen LogP contribution is 2.31. The molecule has 0 bridgehead atoms. The molecule has 3 aromatic rings. The molecule has 0 saturated heterocycles. The minimum atomic E-state index is -0.611. The second kappa shape index (κ2) is 11.7. The fraction of sp³-hybridized carbons (Fsp3) is 0.276. The molecule has 1 aliphatic rings. The second-order valence-electron chi connectivity index (χ2n) is 9.00. The summed E-state index contributed by atoms with van der Waals surface area (Å²) >= 11 is 0. The highest BCUT2D eigenvalue weighted by molar-refractivity contribution is 6.06. The van der Waals surface area contributed by atoms with Crippen LogP contribution in [0.5, 0.6) is 5.75 Å². The lowest BCUT2D eigenvalue weighted by molar-refractivity contribution is 0.0893. The van der Waals surface area contributed by atoms with Crippen LogP contribution in [0.4, 0.5) is 0 Å². The quantitative estimate of drug-likeness (QED) is 0.302. The Morgan fingerprint density at radius 2 is 1.75 bits per heavy atom. The molecule has 1 atom stereocenters. The van der Waals surface area contributed by atoms with Gasteiger partial charge in [-0.2, -0.15) is 0 Å². The average molecular weight is 486 g/mol. The molecule has 36 heavy (non-hydrogen) atoms. The lowest BCUT2D eigenvalue weighted by atomic mass is 9.85. The summed E-state index contributed by atoms with van der Waals surface area (Å²) < 4.78 is 5.73. The predicted molar refractivity (Wildman–Crippen MR) is 139 cm³/mol. The van der Waals surface area contributed by atoms with E-state index in [1.807, 2.05) is 43.3 Å². The van der Waals surface area contributed by atoms with E-state index in [-0.39, 0.29) is 18.0 Å². The average Bonchev–Trinajstić information content (AvgIpc) is 3.29. The van der Waals surface area contributed by atoms with Crippen molar-refractivity contribution in [3.05, 3.63) is 101 Å². The first-order chi connectivity index (χ1) is 17.5. The Balaban J connectivity index is 1.52. The van der Waals surface area contributed by atoms with Crippen molar-refractivity contribution in [1.82, 2.24) is 15.4 Å². The summed E-state index contributed by atoms with van der Waals surface area (Å²) in [6, 6.07) is 16.4. The molecule has 0 radical (unpaired) electrons. The van der Waals surface area contributed by atoms with Gasteiger partial charge in [-0.15, -0.1) is 0 Å². The largest absolute Gasteiger partial charge is 0.492 e. The van der Waals surface area contributed by atoms with E-state index in [9.17, 15) is 9.59 Å². The maximum Gasteiger partial charge on any atom is 0.170 e. The van der Waals surface area contributed by atoms with E-state index in [2.05, 4.69) is 10.5 Å². The van der Waals surface area contributed by atoms with Crippen LogP contribution in [-0.4, -0.2) is 55.8 Å². The third kappa shape index (κ3) is 6.05. The Kier molecular flexibility index (Phi) is 8.25. The van der Waals surface area contributed by atoms with Gasteiger partial charge in [0.2, 0.25) is 0 Å². The first kappa shape index (κ1) is 25.3. The van der Waals surface area contributed by atoms with Crippen molar-refractivity contribution in [3.8, 4) is 5.75 Å². The molecule has 1 N–H and O–H groups in total. The van der Waals surface area contributed by atoms with Crippen molar-refractivity contribution in [2.75, 3.05) is 34.4 Å². The lowest BCUT2D eigenvalue weighted by Crippen LogP contribution is -2.19. The van der Waals surface area contributed by atoms with Crippen molar-refractivity contribution >= 4 is 17.3 Å². The Morgan fingerprint density at radius 1 is 1.03 bits per heavy atom. The van der Waals surface area contributed by atoms with Crippen molar-refractivity contribution < 1.29 is 19.2 Å². The van der Waals surface area contributed by atoms with Gasteiger partial charge in [-0.05, 0) is 74.1 Å². The molecular weight excluding hydrogens is 454 g/mol. The highest BCUT2D eigenvalue weighted by Gasteiger charge is 2.27. The summed E-state index contributed by atoms with van der Waals surface area (Å²) in [7, 11) is 5.54. The number of ether oxygens (including phenoxy) is 1. The van der Waals surface area contributed by atoms with Gasteiger partial charge < -0.3 is 9.64 Å². The molecule has 1 heterocycles. The molecule has 0 aliphatic heterocycles. The molecule has 1 aromatic heterocycles. The summed E-state index contributed by atoms with van der Waals surface area (Å²) in [4.78, 5) is 38.1. The van der Waals surface area contributed by atoms with E-state index >= 15 is 0 Å². The zero-order chi connectivity index (χ0) is 25.5. The number of benzene rings is 2. The number of aromatic nitrogens is 1. The highest BCUT2D eigenvalue weighted by atomic mass is 16.6. The van der Waals surface area contributed by atoms with E-state index in [1.54, 1.807) is 55.9 Å². The molecule has 0 amide bonds. The standard InChI is InChI=1S/C29H31N3O4/c1-32(2)16-17-36-24-8-4-21(5-9-24)28(33)19-26(20-12-14-30-15-13-20)29(34)23-6-10-25-22(18-23)7-11-27(25)31-35-3/h4-6,8-15,18,26,31H,7,16-17,19H2,1-3H3. The molecule has 0 saturated carbocycles. The van der Waals surface area contributed by atoms with Crippen LogP contribution >= 0.6 is 0 Å². The molecule has 1 unspecified atom stereocenters. The number of nitrogens with one attached hydrogen (secondary N) is 1. The van der Waals surface area contributed by atoms with Gasteiger partial charge in [0.15, 0.2) is 11.6 Å². The summed E-state index contributed by atoms with van der Waals surface area (Å²) in [5, 5.41) is 0. The van der Waals surface area contributed by atoms with Crippen molar-refractivity contribution in [3.63, 3.8) is 0 Å². The third-order valence-corrected chi connectivity index (χ3v) is 6.22. The lowest BCUT2D eigenvalue weighted by Gasteiger charge is -2.17. The van der Waals surface area contributed by atoms with Crippen molar-refractivity contribution in [2.45, 2.75) is 18.8 Å². The number of rotatable bonds is 12. The number of carbonyl (C=O) groups is 2. The molecule has 7 nitrogen and oxygen atoms in total. The molecule has 0 spiro atoms. The summed E-state index contributed by atoms with van der Waals surface area (Å²) in [6.07, 6.45) is 6.10. The minimum absolute atomic E-state index is 0.0650. The number of Topliss-reactive ketones (excluding diaryl/α,β-unsaturated/α-hetero) is 2. The number of likely N-dealkylation sites (N-methyl/N-ethyl adjacent to an activating group) is 1. The van der Waals surface area contributed by atoms with E-state index in [0.717, 1.165) is 28.9 Å². The monoisotopic (exact) mass is 485 g/mol. The minimum Gasteiger partial charge on any atom is -0.492 e. The van der Waals surface area contributed by atoms with Crippen LogP contribution in [-0.2, 0) is 11.3 Å². The van der Waals surface area contributed by atoms with Gasteiger partial charge in [0.25, 0.3) is 0 Å². The van der Waals surface area contributed by atoms with E-state index in [4.69, 9.17) is 9.57 Å². The molecule has 4 rings (SSSR count). The van der Waals surface area contributed by atoms with E-state index in [0.29, 0.717) is 29.9 Å². The van der Waals surface area contributed by atoms with Gasteiger partial charge in [-0.3, -0.25) is 24.9 Å². The van der Waals surface area contributed by atoms with Gasteiger partial charge in [0.1, 0.15) is 12.4 Å². The van der Waals surface area contributed by atoms with Crippen LogP contribution in [0.15, 0.2) is 73.1 Å². The van der Waals surface area contributed by atoms with Crippen LogP contribution in [0.25, 0.3) is 5.70 Å². The third-order valence-electron chi connectivity index (χ3n) is 6.22. The maximum atomic E-state index is 13.7. The van der Waals surface area contributed by atoms with Gasteiger partial charge in [-0.25, -0.2) is 0 Å². The number of carbonyl (C=O) groups excluding carboxylic acids is 2. The van der Waals surface area contributed by atoms with E-state index < -0.39 is 5.92 Å². The molecule has 186 valence electrons. The number of ketones is 2. The van der Waals surface area contributed by atoms with Gasteiger partial charge in [-0.1, -0.05) is 18.2 Å². The fourth-order valence-corrected chi connectivity index (χ4v) is 4.25. The molecule has 2 aromatic carbocycles. The molecule has 7 heteroatoms. The number of pyridine rings is 1. The smallest absolute Gasteiger partial charge is 0.170 e. The fourth-order valence-electron chi connectivity index (χ4n) is 4.25. The van der Waals surface area contributed by atoms with E-state index in [1.165, 1.54) is 0 Å². The normalized spacial score (nSPS) is 13.2. The second-order valence-corrected chi connectivity index (χ2v) is 9.00. The van der Waals surface area contributed by atoms with Crippen LogP contribution in [0.3, 0.4) is 0 Å². The molecular formula is C29H31N3O4. The van der Waals surface area contributed by atoms with Crippen LogP contribution in [0.1, 0.15) is 49.7 Å². The number of hydrogen-bond donors (Lipinski definition) is 1. The number of nitrogens with zero attached hydrogens (tertiary/aromatic N) is 2. The van der Waals surface area contributed by atoms with Gasteiger partial charge in [0.05, 0.1) is 18.7 Å². The van der Waals surface area contributed by atoms with Crippen molar-refractivity contribution in [2.24, 2.45) is 0 Å². The van der Waals surface area contributed by atoms with Gasteiger partial charge >= 0.3 is 0 Å². The Hall–Kier alpha value is -3.81. The van der Waals surface area contributed by atoms with Crippen molar-refractivity contribution in [1.29, 1.82) is 0 Å². The Morgan fingerprint density at radius 3 is 2.44 bits per heavy atom. The predicted octanol–water partition coefficient (Wildman–Crippen LogP) is 4.31. The van der Waals surface area contributed by atoms with Gasteiger partial charge in [0, 0.05) is 42.0 Å². The first-order valence-electron chi connectivity index (χ1n) is 11.9. The summed E-state index contributed by atoms with van der Waals surface area (Å²) in [5.74, 6) is -0.0849. The Labute approximate surface area is 211 Å². The zero-order valence-corrected chi connectivity index (χ0v) is 20.9. The Bertz CT molecular complexity index is 1240. The van der Waals surface area contributed by atoms with Crippen LogP contribution in [0.2, 0.25) is 0 Å². The zero-order valence-electron chi connectivity index (χ0n) is 20.9. The van der Waals surface area contributed by atoms with Crippen LogP contribution in [0, 0.1) is 0 Å². The molecule has 1 aliphatic carbocycles. The maximum absolute atomic E-state index is 13.7. The first-order valence-corrected chi connectivity index (χ1v) is 11.9. The number of allylic oxidation sites excluding steroid dienone is 1. The number of hydroxylamine groups is 1. The summed E-state index contributed by atoms with van der Waals surface area (Å²) in [5.41, 5.74) is 7.73. The topological polar surface area (TPSA) is 80.8 Å². The SMILES string of the molecule is CONC1=CCc2cc(C(=O)C(CC(=O)c3ccc(OCCN(C)C)cc3)c3ccncc3)ccc21. The number of fused-ring (bicyclic) bond motifs is 1. The summed E-state index contributed by atoms with van der Waals surface area (Å²) in [6.45, 7) is 1.37. The number of hydrogen-bond acceptors (Lipinski definition) is 7. The molecule has 0 fully saturated rings. The van der Waals surface area contributed by atoms with Crippen LogP contribution < -0.4 is 10.2 Å².